The van der Waals surface area contributed by atoms with Crippen molar-refractivity contribution in [2.24, 2.45) is 16.7 Å². The van der Waals surface area contributed by atoms with Gasteiger partial charge in [0.05, 0.1) is 0 Å². The smallest absolute Gasteiger partial charge is 0.351 e. The van der Waals surface area contributed by atoms with Crippen LogP contribution in [-0.4, -0.2) is 29.9 Å². The molecule has 7 N–H and O–H groups in total. The molecule has 2 amide bonds. The summed E-state index contributed by atoms with van der Waals surface area (Å²) in [4.78, 5) is 9.72. The number of hydrogen-bond acceptors (Lipinski definition) is 5. The highest BCUT2D eigenvalue weighted by Crippen LogP contribution is 1.59. The molecule has 0 fully saturated rings. The molecule has 72 valence electrons. The van der Waals surface area contributed by atoms with Crippen LogP contribution in [0.5, 0.6) is 0 Å². The first-order valence-corrected chi connectivity index (χ1v) is 3.64. The number of urea groups is 1. The summed E-state index contributed by atoms with van der Waals surface area (Å²) in [5, 5.41) is 4.96. The van der Waals surface area contributed by atoms with Gasteiger partial charge >= 0.3 is 16.4 Å². The molecular formula is C2H8N4O5S. The number of nitrogens with two attached hydrogens (primary N) is 2. The number of amides is 2. The molecule has 9 nitrogen and oxygen atoms in total. The Morgan fingerprint density at radius 3 is 1.92 bits per heavy atom. The molecule has 12 heavy (non-hydrogen) atoms. The predicted molar refractivity (Wildman–Crippen MR) is 39.6 cm³/mol. The summed E-state index contributed by atoms with van der Waals surface area (Å²) < 4.78 is 31.6. The summed E-state index contributed by atoms with van der Waals surface area (Å²) in [6.07, 6.45) is 1.00. The average Bonchev–Trinajstić information content (AvgIpc) is 1.79. The fraction of sp³-hybridized carbons (Fsp3) is 0. The molecule has 0 aliphatic heterocycles. The van der Waals surface area contributed by atoms with Crippen molar-refractivity contribution in [1.29, 1.82) is 0 Å². The second-order valence-electron chi connectivity index (χ2n) is 1.23. The molecule has 0 rings (SSSR count). The Hall–Kier alpha value is -1.39. The minimum atomic E-state index is -4.67. The number of primary amides is 1. The molecule has 10 heteroatoms. The Morgan fingerprint density at radius 1 is 1.50 bits per heavy atom. The van der Waals surface area contributed by atoms with E-state index in [-0.39, 0.29) is 0 Å². The van der Waals surface area contributed by atoms with Crippen molar-refractivity contribution in [1.82, 2.24) is 5.32 Å². The van der Waals surface area contributed by atoms with Crippen LogP contribution in [0.3, 0.4) is 0 Å². The number of hydrogen-bond donors (Lipinski definition) is 5. The maximum Gasteiger partial charge on any atom is 0.394 e. The van der Waals surface area contributed by atoms with Gasteiger partial charge in [-0.25, -0.2) is 4.79 Å². The van der Waals surface area contributed by atoms with Gasteiger partial charge in [-0.1, -0.05) is 0 Å². The quantitative estimate of drug-likeness (QED) is 0.107. The largest absolute Gasteiger partial charge is 0.394 e. The third kappa shape index (κ3) is 73.2. The third-order valence-corrected chi connectivity index (χ3v) is 0.281. The van der Waals surface area contributed by atoms with E-state index in [0.717, 1.165) is 6.34 Å². The van der Waals surface area contributed by atoms with Crippen LogP contribution < -0.4 is 16.9 Å². The van der Waals surface area contributed by atoms with Crippen molar-refractivity contribution in [2.75, 3.05) is 0 Å². The van der Waals surface area contributed by atoms with Crippen LogP contribution in [0.4, 0.5) is 4.79 Å². The van der Waals surface area contributed by atoms with Crippen molar-refractivity contribution in [2.45, 2.75) is 0 Å². The van der Waals surface area contributed by atoms with Crippen LogP contribution in [0.15, 0.2) is 5.10 Å². The maximum absolute atomic E-state index is 9.72. The predicted octanol–water partition coefficient (Wildman–Crippen LogP) is -2.10. The molecule has 0 radical (unpaired) electrons. The van der Waals surface area contributed by atoms with Gasteiger partial charge in [-0.2, -0.15) is 13.5 Å². The zero-order valence-corrected chi connectivity index (χ0v) is 6.52. The number of carbonyl (C=O) groups excluding carboxylic acids is 1. The van der Waals surface area contributed by atoms with Crippen LogP contribution >= 0.6 is 0 Å². The van der Waals surface area contributed by atoms with Crippen LogP contribution in [0.2, 0.25) is 0 Å². The molecule has 0 saturated carbocycles. The summed E-state index contributed by atoms with van der Waals surface area (Å²) in [5.41, 5.74) is 4.58. The molecule has 0 aromatic rings. The second-order valence-corrected chi connectivity index (χ2v) is 2.13. The summed E-state index contributed by atoms with van der Waals surface area (Å²) in [6, 6.07) is -0.672. The van der Waals surface area contributed by atoms with Crippen molar-refractivity contribution in [3.05, 3.63) is 0 Å². The average molecular weight is 200 g/mol. The van der Waals surface area contributed by atoms with E-state index >= 15 is 0 Å². The molecule has 0 bridgehead atoms. The molecule has 0 aliphatic carbocycles. The van der Waals surface area contributed by atoms with Gasteiger partial charge in [0.1, 0.15) is 6.34 Å². The van der Waals surface area contributed by atoms with E-state index in [1.54, 1.807) is 0 Å². The van der Waals surface area contributed by atoms with E-state index in [1.807, 2.05) is 5.32 Å². The Labute approximate surface area is 68.0 Å². The van der Waals surface area contributed by atoms with Crippen LogP contribution in [0.25, 0.3) is 0 Å². The molecule has 0 heterocycles. The molecule has 0 spiro atoms. The Kier molecular flexibility index (Phi) is 6.97. The Balaban J connectivity index is 0. The minimum Gasteiger partial charge on any atom is -0.351 e. The van der Waals surface area contributed by atoms with Gasteiger partial charge in [-0.05, 0) is 0 Å². The highest BCUT2D eigenvalue weighted by atomic mass is 32.3. The summed E-state index contributed by atoms with van der Waals surface area (Å²) in [5.74, 6) is 4.58. The zero-order chi connectivity index (χ0) is 10.2. The normalized spacial score (nSPS) is 10.2. The van der Waals surface area contributed by atoms with E-state index < -0.39 is 16.4 Å². The van der Waals surface area contributed by atoms with E-state index in [4.69, 9.17) is 17.5 Å². The van der Waals surface area contributed by atoms with Crippen molar-refractivity contribution >= 4 is 22.8 Å². The van der Waals surface area contributed by atoms with Gasteiger partial charge < -0.3 is 11.6 Å². The highest BCUT2D eigenvalue weighted by Gasteiger charge is 1.84. The number of hydrazone groups is 1. The lowest BCUT2D eigenvalue weighted by Gasteiger charge is -1.84. The van der Waals surface area contributed by atoms with Gasteiger partial charge in [0.25, 0.3) is 0 Å². The monoisotopic (exact) mass is 200 g/mol. The molecule has 0 unspecified atom stereocenters. The van der Waals surface area contributed by atoms with Crippen molar-refractivity contribution in [3.63, 3.8) is 0 Å². The van der Waals surface area contributed by atoms with Crippen molar-refractivity contribution < 1.29 is 22.3 Å². The van der Waals surface area contributed by atoms with Gasteiger partial charge in [0.2, 0.25) is 0 Å². The number of nitrogens with zero attached hydrogens (tertiary/aromatic N) is 1. The first kappa shape index (κ1) is 13.2. The Morgan fingerprint density at radius 2 is 1.83 bits per heavy atom. The first-order chi connectivity index (χ1) is 5.27. The molecule has 0 saturated heterocycles. The number of rotatable bonds is 1. The summed E-state index contributed by atoms with van der Waals surface area (Å²) in [7, 11) is -4.67. The summed E-state index contributed by atoms with van der Waals surface area (Å²) in [6.45, 7) is 0. The number of carbonyl (C=O) groups is 1. The fourth-order valence-electron chi connectivity index (χ4n) is 0.101. The van der Waals surface area contributed by atoms with E-state index in [2.05, 4.69) is 16.7 Å². The number of nitrogens with one attached hydrogen (secondary N) is 1. The van der Waals surface area contributed by atoms with Crippen LogP contribution in [-0.2, 0) is 10.4 Å². The maximum atomic E-state index is 9.72. The van der Waals surface area contributed by atoms with Crippen molar-refractivity contribution in [3.8, 4) is 0 Å². The van der Waals surface area contributed by atoms with Crippen LogP contribution in [0, 0.1) is 0 Å². The van der Waals surface area contributed by atoms with Gasteiger partial charge in [-0.3, -0.25) is 14.4 Å². The lowest BCUT2D eigenvalue weighted by Crippen LogP contribution is -2.28. The van der Waals surface area contributed by atoms with Gasteiger partial charge in [-0.15, -0.1) is 0 Å². The van der Waals surface area contributed by atoms with Crippen LogP contribution in [0.1, 0.15) is 0 Å². The molecule has 0 aromatic carbocycles. The molecule has 0 aromatic heterocycles. The van der Waals surface area contributed by atoms with Gasteiger partial charge in [0, 0.05) is 0 Å². The minimum absolute atomic E-state index is 0.672. The lowest BCUT2D eigenvalue weighted by molar-refractivity contribution is 0.253. The molecule has 0 aliphatic rings. The molecule has 0 atom stereocenters. The zero-order valence-electron chi connectivity index (χ0n) is 5.71. The first-order valence-electron chi connectivity index (χ1n) is 2.25. The van der Waals surface area contributed by atoms with E-state index in [0.29, 0.717) is 0 Å². The third-order valence-electron chi connectivity index (χ3n) is 0.281. The standard InChI is InChI=1S/C2H6N4O.H2O4S/c3-2(7)5-1-6-4;1-5(2,3)4/h1H,4H2,(H3,3,5,6,7);(H2,1,2,3,4). The topological polar surface area (TPSA) is 168 Å². The second kappa shape index (κ2) is 6.33. The van der Waals surface area contributed by atoms with E-state index in [1.165, 1.54) is 0 Å². The summed E-state index contributed by atoms with van der Waals surface area (Å²) >= 11 is 0. The lowest BCUT2D eigenvalue weighted by atomic mass is 11.0. The highest BCUT2D eigenvalue weighted by molar-refractivity contribution is 7.79. The molecular weight excluding hydrogens is 192 g/mol. The Bertz CT molecular complexity index is 236. The van der Waals surface area contributed by atoms with Gasteiger partial charge in [0.15, 0.2) is 0 Å². The fourth-order valence-corrected chi connectivity index (χ4v) is 0.101. The SMILES string of the molecule is NN=CNC(N)=O.O=S(=O)(O)O. The van der Waals surface area contributed by atoms with E-state index in [9.17, 15) is 4.79 Å².